The molecule has 0 spiro atoms. The van der Waals surface area contributed by atoms with Crippen molar-refractivity contribution in [1.29, 1.82) is 0 Å². The van der Waals surface area contributed by atoms with Crippen LogP contribution in [0.25, 0.3) is 0 Å². The van der Waals surface area contributed by atoms with Gasteiger partial charge in [-0.2, -0.15) is 0 Å². The minimum absolute atomic E-state index is 0.0621. The molecule has 1 aliphatic rings. The van der Waals surface area contributed by atoms with Gasteiger partial charge in [-0.3, -0.25) is 9.59 Å². The fraction of sp³-hybridized carbons (Fsp3) is 0.529. The third kappa shape index (κ3) is 4.69. The number of ether oxygens (including phenoxy) is 1. The molecule has 5 nitrogen and oxygen atoms in total. The molecular weight excluding hydrogens is 316 g/mol. The van der Waals surface area contributed by atoms with Gasteiger partial charge >= 0.3 is 0 Å². The van der Waals surface area contributed by atoms with Gasteiger partial charge in [0.1, 0.15) is 0 Å². The van der Waals surface area contributed by atoms with Crippen molar-refractivity contribution in [3.8, 4) is 0 Å². The van der Waals surface area contributed by atoms with E-state index in [0.29, 0.717) is 30.3 Å². The predicted molar refractivity (Wildman–Crippen MR) is 90.7 cm³/mol. The summed E-state index contributed by atoms with van der Waals surface area (Å²) in [5.41, 5.74) is 2.60. The molecule has 6 heteroatoms. The fourth-order valence-electron chi connectivity index (χ4n) is 2.62. The summed E-state index contributed by atoms with van der Waals surface area (Å²) in [5.74, 6) is -0.708. The molecule has 1 aliphatic carbocycles. The molecule has 0 bridgehead atoms. The van der Waals surface area contributed by atoms with E-state index in [1.807, 2.05) is 26.0 Å². The zero-order chi connectivity index (χ0) is 17.0. The van der Waals surface area contributed by atoms with Crippen molar-refractivity contribution in [2.45, 2.75) is 26.7 Å². The van der Waals surface area contributed by atoms with Crippen molar-refractivity contribution in [1.82, 2.24) is 5.32 Å². The number of nitrogens with one attached hydrogen (secondary N) is 2. The maximum absolute atomic E-state index is 12.3. The zero-order valence-electron chi connectivity index (χ0n) is 13.7. The van der Waals surface area contributed by atoms with Gasteiger partial charge in [0.25, 0.3) is 0 Å². The number of halogens is 1. The van der Waals surface area contributed by atoms with Crippen LogP contribution in [0.15, 0.2) is 12.1 Å². The summed E-state index contributed by atoms with van der Waals surface area (Å²) in [6.45, 7) is 5.04. The van der Waals surface area contributed by atoms with Crippen LogP contribution in [-0.4, -0.2) is 32.1 Å². The Balaban J connectivity index is 1.86. The average molecular weight is 339 g/mol. The first-order valence-corrected chi connectivity index (χ1v) is 8.16. The molecule has 126 valence electrons. The maximum Gasteiger partial charge on any atom is 0.228 e. The van der Waals surface area contributed by atoms with Crippen LogP contribution in [0.4, 0.5) is 5.69 Å². The van der Waals surface area contributed by atoms with Crippen LogP contribution in [0.1, 0.15) is 24.0 Å². The normalized spacial score (nSPS) is 19.3. The molecule has 1 aromatic rings. The van der Waals surface area contributed by atoms with Gasteiger partial charge < -0.3 is 15.4 Å². The van der Waals surface area contributed by atoms with Crippen molar-refractivity contribution in [3.05, 3.63) is 28.3 Å². The molecular formula is C17H23ClN2O3. The monoisotopic (exact) mass is 338 g/mol. The Labute approximate surface area is 141 Å². The van der Waals surface area contributed by atoms with Crippen molar-refractivity contribution in [2.75, 3.05) is 25.6 Å². The first-order valence-electron chi connectivity index (χ1n) is 7.78. The summed E-state index contributed by atoms with van der Waals surface area (Å²) in [6.07, 6.45) is 1.36. The Morgan fingerprint density at radius 1 is 1.26 bits per heavy atom. The molecule has 0 saturated heterocycles. The Hall–Kier alpha value is -1.59. The van der Waals surface area contributed by atoms with Crippen LogP contribution in [-0.2, 0) is 14.3 Å². The molecule has 1 saturated carbocycles. The van der Waals surface area contributed by atoms with Gasteiger partial charge in [-0.15, -0.1) is 0 Å². The zero-order valence-corrected chi connectivity index (χ0v) is 14.5. The number of aryl methyl sites for hydroxylation is 2. The summed E-state index contributed by atoms with van der Waals surface area (Å²) < 4.78 is 4.93. The van der Waals surface area contributed by atoms with E-state index in [4.69, 9.17) is 16.3 Å². The van der Waals surface area contributed by atoms with Crippen LogP contribution in [0.2, 0.25) is 5.02 Å². The van der Waals surface area contributed by atoms with Crippen molar-refractivity contribution >= 4 is 29.1 Å². The number of hydrogen-bond acceptors (Lipinski definition) is 3. The Morgan fingerprint density at radius 3 is 2.61 bits per heavy atom. The van der Waals surface area contributed by atoms with Crippen LogP contribution >= 0.6 is 11.6 Å². The largest absolute Gasteiger partial charge is 0.385 e. The first kappa shape index (κ1) is 17.8. The van der Waals surface area contributed by atoms with Crippen LogP contribution in [0.5, 0.6) is 0 Å². The smallest absolute Gasteiger partial charge is 0.228 e. The van der Waals surface area contributed by atoms with E-state index >= 15 is 0 Å². The molecule has 0 radical (unpaired) electrons. The van der Waals surface area contributed by atoms with E-state index < -0.39 is 0 Å². The second-order valence-corrected chi connectivity index (χ2v) is 6.42. The van der Waals surface area contributed by atoms with Gasteiger partial charge in [0.05, 0.1) is 22.5 Å². The highest BCUT2D eigenvalue weighted by Crippen LogP contribution is 2.40. The van der Waals surface area contributed by atoms with Gasteiger partial charge in [0.2, 0.25) is 11.8 Å². The number of hydrogen-bond donors (Lipinski definition) is 2. The number of amides is 2. The molecule has 1 aromatic carbocycles. The minimum atomic E-state index is -0.269. The van der Waals surface area contributed by atoms with E-state index in [0.717, 1.165) is 17.5 Å². The van der Waals surface area contributed by atoms with E-state index in [2.05, 4.69) is 10.6 Å². The lowest BCUT2D eigenvalue weighted by atomic mass is 10.1. The van der Waals surface area contributed by atoms with Crippen LogP contribution in [0.3, 0.4) is 0 Å². The highest BCUT2D eigenvalue weighted by molar-refractivity contribution is 6.34. The Kier molecular flexibility index (Phi) is 6.02. The molecule has 2 unspecified atom stereocenters. The summed E-state index contributed by atoms with van der Waals surface area (Å²) >= 11 is 6.20. The third-order valence-corrected chi connectivity index (χ3v) is 4.27. The molecule has 2 atom stereocenters. The van der Waals surface area contributed by atoms with E-state index in [-0.39, 0.29) is 23.7 Å². The highest BCUT2D eigenvalue weighted by Gasteiger charge is 2.48. The number of methoxy groups -OCH3 is 1. The first-order chi connectivity index (χ1) is 10.9. The average Bonchev–Trinajstić information content (AvgIpc) is 3.27. The molecule has 0 aliphatic heterocycles. The third-order valence-electron chi connectivity index (χ3n) is 3.97. The second-order valence-electron chi connectivity index (χ2n) is 6.01. The molecule has 2 amide bonds. The second kappa shape index (κ2) is 7.79. The van der Waals surface area contributed by atoms with Crippen molar-refractivity contribution in [3.63, 3.8) is 0 Å². The number of rotatable bonds is 7. The molecule has 0 aromatic heterocycles. The number of benzene rings is 1. The summed E-state index contributed by atoms with van der Waals surface area (Å²) in [6, 6.07) is 3.78. The van der Waals surface area contributed by atoms with E-state index in [1.54, 1.807) is 7.11 Å². The Bertz CT molecular complexity index is 580. The molecule has 2 N–H and O–H groups in total. The topological polar surface area (TPSA) is 67.4 Å². The molecule has 2 rings (SSSR count). The lowest BCUT2D eigenvalue weighted by molar-refractivity contribution is -0.125. The standard InChI is InChI=1S/C17H23ClN2O3/c1-10-7-11(2)15(14(18)8-10)20-17(22)13-9-12(13)16(21)19-5-4-6-23-3/h7-8,12-13H,4-6,9H2,1-3H3,(H,19,21)(H,20,22). The highest BCUT2D eigenvalue weighted by atomic mass is 35.5. The lowest BCUT2D eigenvalue weighted by Crippen LogP contribution is -2.28. The van der Waals surface area contributed by atoms with Crippen molar-refractivity contribution < 1.29 is 14.3 Å². The van der Waals surface area contributed by atoms with Gasteiger partial charge in [0, 0.05) is 20.3 Å². The van der Waals surface area contributed by atoms with Crippen molar-refractivity contribution in [2.24, 2.45) is 11.8 Å². The van der Waals surface area contributed by atoms with Gasteiger partial charge in [-0.05, 0) is 43.9 Å². The minimum Gasteiger partial charge on any atom is -0.385 e. The molecule has 23 heavy (non-hydrogen) atoms. The Morgan fingerprint density at radius 2 is 1.96 bits per heavy atom. The predicted octanol–water partition coefficient (Wildman–Crippen LogP) is 2.68. The quantitative estimate of drug-likeness (QED) is 0.751. The van der Waals surface area contributed by atoms with Crippen LogP contribution < -0.4 is 10.6 Å². The summed E-state index contributed by atoms with van der Waals surface area (Å²) in [7, 11) is 1.63. The molecule has 1 fully saturated rings. The molecule has 0 heterocycles. The van der Waals surface area contributed by atoms with Gasteiger partial charge in [-0.1, -0.05) is 17.7 Å². The maximum atomic E-state index is 12.3. The van der Waals surface area contributed by atoms with Crippen LogP contribution in [0, 0.1) is 25.7 Å². The SMILES string of the molecule is COCCCNC(=O)C1CC1C(=O)Nc1c(C)cc(C)cc1Cl. The van der Waals surface area contributed by atoms with E-state index in [1.165, 1.54) is 0 Å². The van der Waals surface area contributed by atoms with Gasteiger partial charge in [-0.25, -0.2) is 0 Å². The summed E-state index contributed by atoms with van der Waals surface area (Å²) in [4.78, 5) is 24.2. The lowest BCUT2D eigenvalue weighted by Gasteiger charge is -2.11. The number of carbonyl (C=O) groups is 2. The fourth-order valence-corrected chi connectivity index (χ4v) is 2.99. The summed E-state index contributed by atoms with van der Waals surface area (Å²) in [5, 5.41) is 6.22. The van der Waals surface area contributed by atoms with Gasteiger partial charge in [0.15, 0.2) is 0 Å². The number of anilines is 1. The van der Waals surface area contributed by atoms with E-state index in [9.17, 15) is 9.59 Å². The number of carbonyl (C=O) groups excluding carboxylic acids is 2.